The molecule has 3 aromatic heterocycles. The number of rotatable bonds is 2. The van der Waals surface area contributed by atoms with Crippen molar-refractivity contribution in [3.63, 3.8) is 0 Å². The zero-order valence-corrected chi connectivity index (χ0v) is 16.8. The molecule has 5 aromatic rings. The van der Waals surface area contributed by atoms with Crippen LogP contribution in [0.3, 0.4) is 0 Å². The number of aromatic nitrogens is 5. The largest absolute Gasteiger partial charge is 0.332 e. The van der Waals surface area contributed by atoms with Gasteiger partial charge in [-0.2, -0.15) is 0 Å². The summed E-state index contributed by atoms with van der Waals surface area (Å²) in [4.78, 5) is 41.3. The molecule has 0 spiro atoms. The molecule has 152 valence electrons. The van der Waals surface area contributed by atoms with Gasteiger partial charge in [-0.15, -0.1) is 10.2 Å². The number of benzene rings is 2. The molecule has 3 heterocycles. The van der Waals surface area contributed by atoms with E-state index in [-0.39, 0.29) is 21.9 Å². The predicted octanol–water partition coefficient (Wildman–Crippen LogP) is 2.20. The molecule has 2 aromatic carbocycles. The van der Waals surface area contributed by atoms with Crippen LogP contribution in [0.2, 0.25) is 0 Å². The molecular formula is C23H17N5O3. The summed E-state index contributed by atoms with van der Waals surface area (Å²) in [6, 6.07) is 18.8. The molecule has 0 unspecified atom stereocenters. The summed E-state index contributed by atoms with van der Waals surface area (Å²) in [5.41, 5.74) is 1.43. The molecule has 8 heteroatoms. The molecule has 0 bridgehead atoms. The molecule has 0 saturated heterocycles. The first-order valence-electron chi connectivity index (χ1n) is 9.62. The van der Waals surface area contributed by atoms with Crippen molar-refractivity contribution in [2.75, 3.05) is 0 Å². The molecule has 0 amide bonds. The molecule has 0 fully saturated rings. The first-order chi connectivity index (χ1) is 15.0. The lowest BCUT2D eigenvalue weighted by atomic mass is 9.96. The van der Waals surface area contributed by atoms with Gasteiger partial charge in [0.25, 0.3) is 11.1 Å². The molecule has 31 heavy (non-hydrogen) atoms. The van der Waals surface area contributed by atoms with E-state index in [4.69, 9.17) is 0 Å². The third-order valence-corrected chi connectivity index (χ3v) is 5.44. The van der Waals surface area contributed by atoms with Gasteiger partial charge in [0, 0.05) is 25.2 Å². The summed E-state index contributed by atoms with van der Waals surface area (Å²) in [7, 11) is 2.89. The van der Waals surface area contributed by atoms with E-state index in [1.807, 2.05) is 60.7 Å². The molecule has 0 saturated carbocycles. The van der Waals surface area contributed by atoms with Crippen molar-refractivity contribution in [2.45, 2.75) is 0 Å². The Bertz CT molecular complexity index is 1650. The second kappa shape index (κ2) is 6.88. The van der Waals surface area contributed by atoms with Crippen molar-refractivity contribution in [2.24, 2.45) is 14.1 Å². The van der Waals surface area contributed by atoms with Crippen LogP contribution < -0.4 is 16.8 Å². The van der Waals surface area contributed by atoms with Crippen LogP contribution in [0.15, 0.2) is 75.0 Å². The number of nitrogens with zero attached hydrogens (tertiary/aromatic N) is 4. The topological polar surface area (TPSA) is 103 Å². The Morgan fingerprint density at radius 1 is 0.742 bits per heavy atom. The van der Waals surface area contributed by atoms with Crippen molar-refractivity contribution in [3.05, 3.63) is 91.9 Å². The van der Waals surface area contributed by atoms with E-state index in [0.29, 0.717) is 11.3 Å². The maximum atomic E-state index is 13.3. The molecule has 1 N–H and O–H groups in total. The highest BCUT2D eigenvalue weighted by Crippen LogP contribution is 2.34. The molecule has 0 aliphatic rings. The van der Waals surface area contributed by atoms with Crippen molar-refractivity contribution in [1.29, 1.82) is 0 Å². The van der Waals surface area contributed by atoms with Crippen LogP contribution in [-0.2, 0) is 14.1 Å². The highest BCUT2D eigenvalue weighted by atomic mass is 16.2. The van der Waals surface area contributed by atoms with Crippen LogP contribution in [0.25, 0.3) is 44.3 Å². The standard InChI is InChI=1S/C23H17N5O3/c1-27-20-17(22(30)28(2)23(27)31)19-16(21(29)24-20)15(13-9-5-3-6-10-13)18(25-26-19)14-11-7-4-8-12-14/h3-12H,1-2H3,(H,24,29). The Labute approximate surface area is 175 Å². The van der Waals surface area contributed by atoms with E-state index in [1.54, 1.807) is 0 Å². The minimum absolute atomic E-state index is 0.117. The van der Waals surface area contributed by atoms with Crippen molar-refractivity contribution in [1.82, 2.24) is 24.3 Å². The lowest BCUT2D eigenvalue weighted by Gasteiger charge is -2.14. The van der Waals surface area contributed by atoms with Gasteiger partial charge in [-0.1, -0.05) is 60.7 Å². The van der Waals surface area contributed by atoms with Crippen molar-refractivity contribution in [3.8, 4) is 22.4 Å². The third-order valence-electron chi connectivity index (χ3n) is 5.44. The SMILES string of the molecule is Cn1c(=O)c2c3nnc(-c4ccccc4)c(-c4ccccc4)c3c(=O)[nH]c2n(C)c1=O. The Balaban J connectivity index is 2.07. The highest BCUT2D eigenvalue weighted by Gasteiger charge is 2.22. The molecule has 8 nitrogen and oxygen atoms in total. The smallest absolute Gasteiger partial charge is 0.307 e. The van der Waals surface area contributed by atoms with E-state index < -0.39 is 16.8 Å². The number of aryl methyl sites for hydroxylation is 1. The van der Waals surface area contributed by atoms with Gasteiger partial charge < -0.3 is 4.98 Å². The first-order valence-corrected chi connectivity index (χ1v) is 9.62. The average Bonchev–Trinajstić information content (AvgIpc) is 2.81. The molecular weight excluding hydrogens is 394 g/mol. The van der Waals surface area contributed by atoms with Crippen molar-refractivity contribution >= 4 is 21.9 Å². The Hall–Kier alpha value is -4.33. The highest BCUT2D eigenvalue weighted by molar-refractivity contribution is 6.09. The zero-order valence-electron chi connectivity index (χ0n) is 16.8. The molecule has 5 rings (SSSR count). The van der Waals surface area contributed by atoms with Crippen LogP contribution >= 0.6 is 0 Å². The second-order valence-corrected chi connectivity index (χ2v) is 7.26. The molecule has 0 aliphatic heterocycles. The fourth-order valence-electron chi connectivity index (χ4n) is 3.89. The summed E-state index contributed by atoms with van der Waals surface area (Å²) in [6.45, 7) is 0. The second-order valence-electron chi connectivity index (χ2n) is 7.26. The summed E-state index contributed by atoms with van der Waals surface area (Å²) in [5, 5.41) is 9.13. The van der Waals surface area contributed by atoms with Crippen LogP contribution in [0, 0.1) is 0 Å². The van der Waals surface area contributed by atoms with Gasteiger partial charge in [0.1, 0.15) is 22.2 Å². The van der Waals surface area contributed by atoms with E-state index >= 15 is 0 Å². The van der Waals surface area contributed by atoms with Crippen molar-refractivity contribution < 1.29 is 0 Å². The van der Waals surface area contributed by atoms with Gasteiger partial charge in [-0.3, -0.25) is 18.7 Å². The lowest BCUT2D eigenvalue weighted by molar-refractivity contribution is 0.707. The molecule has 0 aliphatic carbocycles. The van der Waals surface area contributed by atoms with E-state index in [0.717, 1.165) is 15.7 Å². The number of pyridine rings is 1. The van der Waals surface area contributed by atoms with Gasteiger partial charge in [0.2, 0.25) is 0 Å². The molecule has 0 radical (unpaired) electrons. The number of fused-ring (bicyclic) bond motifs is 3. The lowest BCUT2D eigenvalue weighted by Crippen LogP contribution is -2.38. The fourth-order valence-corrected chi connectivity index (χ4v) is 3.89. The summed E-state index contributed by atoms with van der Waals surface area (Å²) in [5.74, 6) is 0. The summed E-state index contributed by atoms with van der Waals surface area (Å²) >= 11 is 0. The third kappa shape index (κ3) is 2.72. The molecule has 0 atom stereocenters. The number of nitrogens with one attached hydrogen (secondary N) is 1. The Morgan fingerprint density at radius 2 is 1.35 bits per heavy atom. The first kappa shape index (κ1) is 18.7. The minimum atomic E-state index is -0.542. The average molecular weight is 411 g/mol. The maximum Gasteiger partial charge on any atom is 0.332 e. The number of hydrogen-bond donors (Lipinski definition) is 1. The number of aromatic amines is 1. The van der Waals surface area contributed by atoms with Crippen LogP contribution in [-0.4, -0.2) is 24.3 Å². The maximum absolute atomic E-state index is 13.3. The Kier molecular flexibility index (Phi) is 4.14. The number of hydrogen-bond acceptors (Lipinski definition) is 5. The number of H-pyrrole nitrogens is 1. The van der Waals surface area contributed by atoms with Crippen LogP contribution in [0.1, 0.15) is 0 Å². The van der Waals surface area contributed by atoms with Gasteiger partial charge in [-0.05, 0) is 5.56 Å². The monoisotopic (exact) mass is 411 g/mol. The fraction of sp³-hybridized carbons (Fsp3) is 0.0870. The minimum Gasteiger partial charge on any atom is -0.307 e. The Morgan fingerprint density at radius 3 is 2.00 bits per heavy atom. The van der Waals surface area contributed by atoms with Gasteiger partial charge in [0.05, 0.1) is 5.39 Å². The van der Waals surface area contributed by atoms with Gasteiger partial charge in [-0.25, -0.2) is 4.79 Å². The normalized spacial score (nSPS) is 11.3. The van der Waals surface area contributed by atoms with E-state index in [9.17, 15) is 14.4 Å². The van der Waals surface area contributed by atoms with Crippen LogP contribution in [0.5, 0.6) is 0 Å². The van der Waals surface area contributed by atoms with Crippen LogP contribution in [0.4, 0.5) is 0 Å². The van der Waals surface area contributed by atoms with Gasteiger partial charge in [0.15, 0.2) is 0 Å². The van der Waals surface area contributed by atoms with E-state index in [2.05, 4.69) is 15.2 Å². The summed E-state index contributed by atoms with van der Waals surface area (Å²) < 4.78 is 2.22. The van der Waals surface area contributed by atoms with E-state index in [1.165, 1.54) is 18.7 Å². The van der Waals surface area contributed by atoms with Gasteiger partial charge >= 0.3 is 5.69 Å². The predicted molar refractivity (Wildman–Crippen MR) is 119 cm³/mol. The summed E-state index contributed by atoms with van der Waals surface area (Å²) in [6.07, 6.45) is 0. The quantitative estimate of drug-likeness (QED) is 0.449. The zero-order chi connectivity index (χ0) is 21.7.